The van der Waals surface area contributed by atoms with Gasteiger partial charge in [-0.3, -0.25) is 0 Å². The second-order valence-electron chi connectivity index (χ2n) is 4.60. The van der Waals surface area contributed by atoms with Crippen molar-refractivity contribution in [3.05, 3.63) is 0 Å². The fourth-order valence-electron chi connectivity index (χ4n) is 2.20. The van der Waals surface area contributed by atoms with Crippen LogP contribution in [-0.4, -0.2) is 7.85 Å². The number of hydrogen-bond donors (Lipinski definition) is 0. The standard InChI is InChI=1S/C13H27B/c1-5-11(6-2)9-13(14)10-12(7-3)8-4/h11-13H,5-10H2,1-4H3. The van der Waals surface area contributed by atoms with Crippen molar-refractivity contribution in [1.29, 1.82) is 0 Å². The summed E-state index contributed by atoms with van der Waals surface area (Å²) in [5, 5.41) is 0. The van der Waals surface area contributed by atoms with Crippen molar-refractivity contribution < 1.29 is 0 Å². The van der Waals surface area contributed by atoms with Gasteiger partial charge in [0.15, 0.2) is 0 Å². The molecule has 0 unspecified atom stereocenters. The van der Waals surface area contributed by atoms with Crippen LogP contribution in [0.5, 0.6) is 0 Å². The molecule has 0 saturated heterocycles. The highest BCUT2D eigenvalue weighted by molar-refractivity contribution is 6.11. The third kappa shape index (κ3) is 5.72. The Balaban J connectivity index is 3.77. The van der Waals surface area contributed by atoms with Gasteiger partial charge in [-0.2, -0.15) is 0 Å². The summed E-state index contributed by atoms with van der Waals surface area (Å²) in [4.78, 5) is 0. The number of rotatable bonds is 8. The first kappa shape index (κ1) is 14.1. The molecule has 0 bridgehead atoms. The summed E-state index contributed by atoms with van der Waals surface area (Å²) < 4.78 is 0. The Kier molecular flexibility index (Phi) is 8.42. The molecular formula is C13H27B. The summed E-state index contributed by atoms with van der Waals surface area (Å²) in [6.45, 7) is 9.10. The Hall–Kier alpha value is 0.0649. The smallest absolute Gasteiger partial charge is 0.0699 e. The highest BCUT2D eigenvalue weighted by Crippen LogP contribution is 2.28. The molecule has 0 atom stereocenters. The van der Waals surface area contributed by atoms with E-state index in [4.69, 9.17) is 7.85 Å². The summed E-state index contributed by atoms with van der Waals surface area (Å²) in [5.74, 6) is 2.13. The van der Waals surface area contributed by atoms with E-state index in [9.17, 15) is 0 Å². The van der Waals surface area contributed by atoms with Gasteiger partial charge in [0.05, 0.1) is 7.85 Å². The second-order valence-corrected chi connectivity index (χ2v) is 4.60. The maximum absolute atomic E-state index is 6.18. The van der Waals surface area contributed by atoms with E-state index in [0.717, 1.165) is 11.8 Å². The first-order valence-electron chi connectivity index (χ1n) is 6.43. The van der Waals surface area contributed by atoms with Gasteiger partial charge in [-0.25, -0.2) is 0 Å². The summed E-state index contributed by atoms with van der Waals surface area (Å²) in [5.41, 5.74) is 0. The quantitative estimate of drug-likeness (QED) is 0.495. The van der Waals surface area contributed by atoms with Gasteiger partial charge in [0.25, 0.3) is 0 Å². The minimum atomic E-state index is 0.435. The molecule has 0 amide bonds. The summed E-state index contributed by atoms with van der Waals surface area (Å²) in [7, 11) is 6.18. The predicted octanol–water partition coefficient (Wildman–Crippen LogP) is 4.60. The molecule has 0 nitrogen and oxygen atoms in total. The minimum Gasteiger partial charge on any atom is -0.0769 e. The highest BCUT2D eigenvalue weighted by atomic mass is 14.2. The van der Waals surface area contributed by atoms with Crippen LogP contribution in [0.25, 0.3) is 0 Å². The van der Waals surface area contributed by atoms with Crippen LogP contribution in [0, 0.1) is 11.8 Å². The van der Waals surface area contributed by atoms with Gasteiger partial charge in [0.2, 0.25) is 0 Å². The van der Waals surface area contributed by atoms with Crippen LogP contribution >= 0.6 is 0 Å². The van der Waals surface area contributed by atoms with Crippen LogP contribution in [0.4, 0.5) is 0 Å². The largest absolute Gasteiger partial charge is 0.0769 e. The lowest BCUT2D eigenvalue weighted by Gasteiger charge is -2.22. The molecule has 82 valence electrons. The van der Waals surface area contributed by atoms with Crippen molar-refractivity contribution in [2.75, 3.05) is 0 Å². The molecule has 0 aromatic carbocycles. The Morgan fingerprint density at radius 2 is 1.00 bits per heavy atom. The van der Waals surface area contributed by atoms with Gasteiger partial charge in [0.1, 0.15) is 0 Å². The van der Waals surface area contributed by atoms with Gasteiger partial charge in [0, 0.05) is 0 Å². The molecule has 0 aliphatic heterocycles. The van der Waals surface area contributed by atoms with E-state index in [0.29, 0.717) is 5.82 Å². The third-order valence-corrected chi connectivity index (χ3v) is 3.58. The van der Waals surface area contributed by atoms with Crippen LogP contribution < -0.4 is 0 Å². The molecular weight excluding hydrogens is 167 g/mol. The monoisotopic (exact) mass is 194 g/mol. The highest BCUT2D eigenvalue weighted by Gasteiger charge is 2.13. The molecule has 0 fully saturated rings. The lowest BCUT2D eigenvalue weighted by Crippen LogP contribution is -2.08. The Bertz CT molecular complexity index is 100. The molecule has 2 radical (unpaired) electrons. The van der Waals surface area contributed by atoms with E-state index in [1.807, 2.05) is 0 Å². The lowest BCUT2D eigenvalue weighted by atomic mass is 9.72. The molecule has 0 saturated carbocycles. The van der Waals surface area contributed by atoms with Gasteiger partial charge in [-0.05, 0) is 11.8 Å². The summed E-state index contributed by atoms with van der Waals surface area (Å²) >= 11 is 0. The maximum atomic E-state index is 6.18. The van der Waals surface area contributed by atoms with E-state index in [-0.39, 0.29) is 0 Å². The predicted molar refractivity (Wildman–Crippen MR) is 66.9 cm³/mol. The van der Waals surface area contributed by atoms with Crippen LogP contribution in [-0.2, 0) is 0 Å². The molecule has 0 aliphatic carbocycles. The zero-order chi connectivity index (χ0) is 11.0. The molecule has 14 heavy (non-hydrogen) atoms. The minimum absolute atomic E-state index is 0.435. The first-order chi connectivity index (χ1) is 6.67. The second kappa shape index (κ2) is 8.38. The average Bonchev–Trinajstić information content (AvgIpc) is 2.22. The van der Waals surface area contributed by atoms with Crippen molar-refractivity contribution in [3.8, 4) is 0 Å². The van der Waals surface area contributed by atoms with Gasteiger partial charge >= 0.3 is 0 Å². The van der Waals surface area contributed by atoms with Crippen molar-refractivity contribution in [2.24, 2.45) is 11.8 Å². The fourth-order valence-corrected chi connectivity index (χ4v) is 2.20. The van der Waals surface area contributed by atoms with E-state index in [1.165, 1.54) is 38.5 Å². The Morgan fingerprint density at radius 3 is 1.21 bits per heavy atom. The zero-order valence-electron chi connectivity index (χ0n) is 10.6. The van der Waals surface area contributed by atoms with Gasteiger partial charge in [-0.15, -0.1) is 0 Å². The first-order valence-corrected chi connectivity index (χ1v) is 6.43. The third-order valence-electron chi connectivity index (χ3n) is 3.58. The Morgan fingerprint density at radius 1 is 0.714 bits per heavy atom. The van der Waals surface area contributed by atoms with Crippen LogP contribution in [0.3, 0.4) is 0 Å². The molecule has 0 aromatic rings. The summed E-state index contributed by atoms with van der Waals surface area (Å²) in [6, 6.07) is 0. The van der Waals surface area contributed by atoms with Crippen LogP contribution in [0.15, 0.2) is 0 Å². The van der Waals surface area contributed by atoms with E-state index in [2.05, 4.69) is 27.7 Å². The van der Waals surface area contributed by atoms with Gasteiger partial charge < -0.3 is 0 Å². The average molecular weight is 194 g/mol. The molecule has 0 N–H and O–H groups in total. The molecule has 0 heterocycles. The van der Waals surface area contributed by atoms with E-state index < -0.39 is 0 Å². The van der Waals surface area contributed by atoms with Gasteiger partial charge in [-0.1, -0.05) is 72.0 Å². The molecule has 0 aliphatic rings. The van der Waals surface area contributed by atoms with Crippen molar-refractivity contribution in [3.63, 3.8) is 0 Å². The van der Waals surface area contributed by atoms with E-state index >= 15 is 0 Å². The SMILES string of the molecule is [B]C(CC(CC)CC)CC(CC)CC. The topological polar surface area (TPSA) is 0 Å². The normalized spacial score (nSPS) is 11.9. The van der Waals surface area contributed by atoms with Crippen molar-refractivity contribution in [2.45, 2.75) is 72.0 Å². The molecule has 0 spiro atoms. The maximum Gasteiger partial charge on any atom is 0.0699 e. The number of hydrogen-bond acceptors (Lipinski definition) is 0. The van der Waals surface area contributed by atoms with Crippen molar-refractivity contribution >= 4 is 7.85 Å². The van der Waals surface area contributed by atoms with Crippen LogP contribution in [0.2, 0.25) is 5.82 Å². The molecule has 0 aromatic heterocycles. The Labute approximate surface area is 92.3 Å². The zero-order valence-corrected chi connectivity index (χ0v) is 10.6. The molecule has 0 rings (SSSR count). The van der Waals surface area contributed by atoms with Crippen molar-refractivity contribution in [1.82, 2.24) is 0 Å². The molecule has 1 heteroatoms. The van der Waals surface area contributed by atoms with E-state index in [1.54, 1.807) is 0 Å². The van der Waals surface area contributed by atoms with Crippen LogP contribution in [0.1, 0.15) is 66.2 Å². The fraction of sp³-hybridized carbons (Fsp3) is 1.00. The lowest BCUT2D eigenvalue weighted by molar-refractivity contribution is 0.380. The summed E-state index contributed by atoms with van der Waals surface area (Å²) in [6.07, 6.45) is 7.59.